The van der Waals surface area contributed by atoms with Crippen molar-refractivity contribution >= 4 is 28.7 Å². The van der Waals surface area contributed by atoms with E-state index in [1.165, 1.54) is 26.7 Å². The van der Waals surface area contributed by atoms with E-state index in [9.17, 15) is 9.59 Å². The summed E-state index contributed by atoms with van der Waals surface area (Å²) in [4.78, 5) is 28.1. The molecule has 0 fully saturated rings. The predicted molar refractivity (Wildman–Crippen MR) is 92.5 cm³/mol. The van der Waals surface area contributed by atoms with Gasteiger partial charge in [-0.3, -0.25) is 4.79 Å². The van der Waals surface area contributed by atoms with Gasteiger partial charge in [0, 0.05) is 6.07 Å². The van der Waals surface area contributed by atoms with Gasteiger partial charge >= 0.3 is 5.97 Å². The first-order valence-corrected chi connectivity index (χ1v) is 7.63. The molecular weight excluding hydrogens is 340 g/mol. The van der Waals surface area contributed by atoms with Crippen molar-refractivity contribution < 1.29 is 28.2 Å². The summed E-state index contributed by atoms with van der Waals surface area (Å²) < 4.78 is 20.5. The fourth-order valence-electron chi connectivity index (χ4n) is 2.28. The number of oxazole rings is 1. The van der Waals surface area contributed by atoms with Crippen LogP contribution in [0.2, 0.25) is 0 Å². The Balaban J connectivity index is 1.60. The number of benzene rings is 2. The third kappa shape index (κ3) is 3.75. The number of nitrogens with zero attached hydrogens (tertiary/aromatic N) is 1. The normalized spacial score (nSPS) is 10.4. The van der Waals surface area contributed by atoms with Gasteiger partial charge in [0.1, 0.15) is 17.0 Å². The van der Waals surface area contributed by atoms with Gasteiger partial charge in [0.05, 0.1) is 25.5 Å². The minimum absolute atomic E-state index is 0.268. The molecule has 0 radical (unpaired) electrons. The van der Waals surface area contributed by atoms with Crippen molar-refractivity contribution in [1.29, 1.82) is 0 Å². The number of nitrogens with one attached hydrogen (secondary N) is 1. The van der Waals surface area contributed by atoms with E-state index in [-0.39, 0.29) is 5.56 Å². The Morgan fingerprint density at radius 3 is 2.73 bits per heavy atom. The number of carbonyl (C=O) groups excluding carboxylic acids is 2. The third-order valence-electron chi connectivity index (χ3n) is 3.58. The molecule has 1 heterocycles. The number of ether oxygens (including phenoxy) is 3. The van der Waals surface area contributed by atoms with Crippen molar-refractivity contribution in [2.75, 3.05) is 26.1 Å². The van der Waals surface area contributed by atoms with Gasteiger partial charge in [-0.15, -0.1) is 0 Å². The second-order valence-corrected chi connectivity index (χ2v) is 5.23. The summed E-state index contributed by atoms with van der Waals surface area (Å²) in [5.41, 5.74) is 1.80. The first kappa shape index (κ1) is 17.3. The number of amides is 1. The largest absolute Gasteiger partial charge is 0.497 e. The summed E-state index contributed by atoms with van der Waals surface area (Å²) in [5.74, 6) is -0.114. The molecule has 0 unspecified atom stereocenters. The Morgan fingerprint density at radius 2 is 1.96 bits per heavy atom. The van der Waals surface area contributed by atoms with E-state index >= 15 is 0 Å². The van der Waals surface area contributed by atoms with Crippen molar-refractivity contribution in [2.45, 2.75) is 0 Å². The zero-order valence-corrected chi connectivity index (χ0v) is 14.1. The lowest BCUT2D eigenvalue weighted by atomic mass is 10.2. The SMILES string of the molecule is COc1ccc(NC(=O)COC(=O)c2ccc3ncoc3c2)c(OC)c1. The van der Waals surface area contributed by atoms with E-state index < -0.39 is 18.5 Å². The molecule has 134 valence electrons. The van der Waals surface area contributed by atoms with Crippen LogP contribution in [0, 0.1) is 0 Å². The molecule has 0 bridgehead atoms. The molecule has 1 N–H and O–H groups in total. The van der Waals surface area contributed by atoms with Gasteiger partial charge in [-0.05, 0) is 30.3 Å². The van der Waals surface area contributed by atoms with Gasteiger partial charge in [-0.1, -0.05) is 0 Å². The highest BCUT2D eigenvalue weighted by Gasteiger charge is 2.14. The van der Waals surface area contributed by atoms with Gasteiger partial charge < -0.3 is 23.9 Å². The Kier molecular flexibility index (Phi) is 5.02. The zero-order valence-electron chi connectivity index (χ0n) is 14.1. The predicted octanol–water partition coefficient (Wildman–Crippen LogP) is 2.64. The van der Waals surface area contributed by atoms with Crippen LogP contribution in [0.5, 0.6) is 11.5 Å². The average Bonchev–Trinajstić information content (AvgIpc) is 3.14. The lowest BCUT2D eigenvalue weighted by molar-refractivity contribution is -0.119. The average molecular weight is 356 g/mol. The molecule has 2 aromatic carbocycles. The van der Waals surface area contributed by atoms with Crippen molar-refractivity contribution in [2.24, 2.45) is 0 Å². The van der Waals surface area contributed by atoms with Gasteiger partial charge in [0.2, 0.25) is 0 Å². The van der Waals surface area contributed by atoms with Crippen LogP contribution in [0.15, 0.2) is 47.2 Å². The lowest BCUT2D eigenvalue weighted by Crippen LogP contribution is -2.21. The van der Waals surface area contributed by atoms with Crippen LogP contribution in [0.1, 0.15) is 10.4 Å². The van der Waals surface area contributed by atoms with Crippen LogP contribution in [-0.2, 0) is 9.53 Å². The molecule has 1 aromatic heterocycles. The molecule has 26 heavy (non-hydrogen) atoms. The molecule has 0 aliphatic heterocycles. The number of hydrogen-bond donors (Lipinski definition) is 1. The first-order chi connectivity index (χ1) is 12.6. The highest BCUT2D eigenvalue weighted by atomic mass is 16.5. The van der Waals surface area contributed by atoms with E-state index in [0.717, 1.165) is 0 Å². The molecular formula is C18H16N2O6. The maximum Gasteiger partial charge on any atom is 0.338 e. The second kappa shape index (κ2) is 7.56. The number of methoxy groups -OCH3 is 2. The van der Waals surface area contributed by atoms with Crippen molar-refractivity contribution in [3.8, 4) is 11.5 Å². The van der Waals surface area contributed by atoms with Crippen molar-refractivity contribution in [1.82, 2.24) is 4.98 Å². The molecule has 0 saturated heterocycles. The van der Waals surface area contributed by atoms with Gasteiger partial charge in [0.15, 0.2) is 18.6 Å². The van der Waals surface area contributed by atoms with Crippen LogP contribution in [0.3, 0.4) is 0 Å². The lowest BCUT2D eigenvalue weighted by Gasteiger charge is -2.11. The number of rotatable bonds is 6. The highest BCUT2D eigenvalue weighted by molar-refractivity contribution is 5.97. The monoisotopic (exact) mass is 356 g/mol. The molecule has 0 saturated carbocycles. The number of esters is 1. The Morgan fingerprint density at radius 1 is 1.12 bits per heavy atom. The summed E-state index contributed by atoms with van der Waals surface area (Å²) in [7, 11) is 3.01. The summed E-state index contributed by atoms with van der Waals surface area (Å²) in [6.07, 6.45) is 1.29. The van der Waals surface area contributed by atoms with Crippen molar-refractivity contribution in [3.05, 3.63) is 48.4 Å². The maximum atomic E-state index is 12.1. The van der Waals surface area contributed by atoms with E-state index in [1.807, 2.05) is 0 Å². The Labute approximate surface area is 148 Å². The molecule has 1 amide bonds. The second-order valence-electron chi connectivity index (χ2n) is 5.23. The number of carbonyl (C=O) groups is 2. The summed E-state index contributed by atoms with van der Waals surface area (Å²) in [6.45, 7) is -0.442. The zero-order chi connectivity index (χ0) is 18.5. The number of fused-ring (bicyclic) bond motifs is 1. The molecule has 3 aromatic rings. The molecule has 0 atom stereocenters. The van der Waals surface area contributed by atoms with Gasteiger partial charge in [0.25, 0.3) is 5.91 Å². The van der Waals surface area contributed by atoms with E-state index in [2.05, 4.69) is 10.3 Å². The van der Waals surface area contributed by atoms with E-state index in [4.69, 9.17) is 18.6 Å². The topological polar surface area (TPSA) is 99.9 Å². The van der Waals surface area contributed by atoms with Crippen LogP contribution in [0.25, 0.3) is 11.1 Å². The summed E-state index contributed by atoms with van der Waals surface area (Å²) in [5, 5.41) is 2.62. The maximum absolute atomic E-state index is 12.1. The number of anilines is 1. The fraction of sp³-hybridized carbons (Fsp3) is 0.167. The molecule has 3 rings (SSSR count). The van der Waals surface area contributed by atoms with Crippen LogP contribution in [-0.4, -0.2) is 37.7 Å². The quantitative estimate of drug-likeness (QED) is 0.678. The van der Waals surface area contributed by atoms with Gasteiger partial charge in [-0.2, -0.15) is 0 Å². The molecule has 8 nitrogen and oxygen atoms in total. The van der Waals surface area contributed by atoms with E-state index in [1.54, 1.807) is 30.3 Å². The standard InChI is InChI=1S/C18H16N2O6/c1-23-12-4-6-14(15(8-12)24-2)20-17(21)9-25-18(22)11-3-5-13-16(7-11)26-10-19-13/h3-8,10H,9H2,1-2H3,(H,20,21). The van der Waals surface area contributed by atoms with Crippen LogP contribution in [0.4, 0.5) is 5.69 Å². The highest BCUT2D eigenvalue weighted by Crippen LogP contribution is 2.28. The number of aromatic nitrogens is 1. The van der Waals surface area contributed by atoms with Crippen LogP contribution >= 0.6 is 0 Å². The summed E-state index contributed by atoms with van der Waals surface area (Å²) >= 11 is 0. The molecule has 8 heteroatoms. The fourth-order valence-corrected chi connectivity index (χ4v) is 2.28. The van der Waals surface area contributed by atoms with Crippen molar-refractivity contribution in [3.63, 3.8) is 0 Å². The molecule has 0 aliphatic rings. The van der Waals surface area contributed by atoms with E-state index in [0.29, 0.717) is 28.3 Å². The van der Waals surface area contributed by atoms with Crippen LogP contribution < -0.4 is 14.8 Å². The number of hydrogen-bond acceptors (Lipinski definition) is 7. The Bertz CT molecular complexity index is 950. The minimum atomic E-state index is -0.639. The molecule has 0 spiro atoms. The Hall–Kier alpha value is -3.55. The minimum Gasteiger partial charge on any atom is -0.497 e. The third-order valence-corrected chi connectivity index (χ3v) is 3.58. The summed E-state index contributed by atoms with van der Waals surface area (Å²) in [6, 6.07) is 9.64. The molecule has 0 aliphatic carbocycles. The van der Waals surface area contributed by atoms with Gasteiger partial charge in [-0.25, -0.2) is 9.78 Å². The smallest absolute Gasteiger partial charge is 0.338 e. The first-order valence-electron chi connectivity index (χ1n) is 7.63.